The number of aryl methyl sites for hydroxylation is 1. The molecule has 2 aromatic rings. The van der Waals surface area contributed by atoms with Crippen molar-refractivity contribution in [2.24, 2.45) is 5.73 Å². The predicted octanol–water partition coefficient (Wildman–Crippen LogP) is 3.31. The second-order valence-electron chi connectivity index (χ2n) is 4.02. The number of benzene rings is 1. The van der Waals surface area contributed by atoms with E-state index in [1.165, 1.54) is 4.88 Å². The molecular weight excluding hydrogens is 262 g/mol. The van der Waals surface area contributed by atoms with E-state index in [-0.39, 0.29) is 0 Å². The highest BCUT2D eigenvalue weighted by Crippen LogP contribution is 2.20. The van der Waals surface area contributed by atoms with E-state index in [0.717, 1.165) is 23.3 Å². The second kappa shape index (κ2) is 5.98. The molecule has 0 spiro atoms. The number of rotatable bonds is 5. The minimum Gasteiger partial charge on any atom is -0.493 e. The average Bonchev–Trinajstić information content (AvgIpc) is 2.84. The van der Waals surface area contributed by atoms with Crippen LogP contribution in [-0.4, -0.2) is 11.6 Å². The molecule has 0 bridgehead atoms. The molecule has 1 heterocycles. The number of thiocarbonyl (C=S) groups is 1. The van der Waals surface area contributed by atoms with E-state index >= 15 is 0 Å². The Morgan fingerprint density at radius 2 is 2.22 bits per heavy atom. The van der Waals surface area contributed by atoms with Crippen molar-refractivity contribution in [2.45, 2.75) is 13.3 Å². The van der Waals surface area contributed by atoms with Gasteiger partial charge in [-0.15, -0.1) is 11.3 Å². The zero-order valence-electron chi connectivity index (χ0n) is 10.2. The molecule has 0 saturated heterocycles. The lowest BCUT2D eigenvalue weighted by Crippen LogP contribution is -2.10. The van der Waals surface area contributed by atoms with Crippen LogP contribution < -0.4 is 10.5 Å². The maximum atomic E-state index is 5.77. The highest BCUT2D eigenvalue weighted by Gasteiger charge is 2.03. The van der Waals surface area contributed by atoms with Crippen LogP contribution in [0.3, 0.4) is 0 Å². The molecule has 1 aromatic heterocycles. The summed E-state index contributed by atoms with van der Waals surface area (Å²) in [6.45, 7) is 2.69. The first-order chi connectivity index (χ1) is 8.66. The molecule has 2 N–H and O–H groups in total. The van der Waals surface area contributed by atoms with Gasteiger partial charge in [-0.05, 0) is 42.1 Å². The highest BCUT2D eigenvalue weighted by atomic mass is 32.1. The molecule has 0 aliphatic carbocycles. The number of hydrogen-bond donors (Lipinski definition) is 1. The third kappa shape index (κ3) is 3.31. The fourth-order valence-corrected chi connectivity index (χ4v) is 2.50. The quantitative estimate of drug-likeness (QED) is 0.852. The minimum atomic E-state index is 0.420. The maximum absolute atomic E-state index is 5.77. The van der Waals surface area contributed by atoms with E-state index in [1.54, 1.807) is 11.3 Å². The summed E-state index contributed by atoms with van der Waals surface area (Å²) >= 11 is 6.70. The Balaban J connectivity index is 1.95. The molecule has 0 aliphatic heterocycles. The molecule has 0 radical (unpaired) electrons. The van der Waals surface area contributed by atoms with Crippen LogP contribution in [0.2, 0.25) is 0 Å². The van der Waals surface area contributed by atoms with Crippen molar-refractivity contribution in [3.05, 3.63) is 51.7 Å². The first kappa shape index (κ1) is 13.1. The lowest BCUT2D eigenvalue weighted by Gasteiger charge is -2.09. The Bertz CT molecular complexity index is 535. The number of ether oxygens (including phenoxy) is 1. The summed E-state index contributed by atoms with van der Waals surface area (Å²) in [4.78, 5) is 1.76. The van der Waals surface area contributed by atoms with Crippen LogP contribution in [-0.2, 0) is 6.42 Å². The van der Waals surface area contributed by atoms with Crippen molar-refractivity contribution >= 4 is 28.5 Å². The van der Waals surface area contributed by atoms with E-state index in [2.05, 4.69) is 17.5 Å². The fraction of sp³-hybridized carbons (Fsp3) is 0.214. The lowest BCUT2D eigenvalue weighted by molar-refractivity contribution is 0.321. The molecule has 2 rings (SSSR count). The van der Waals surface area contributed by atoms with Crippen LogP contribution in [0.5, 0.6) is 5.75 Å². The van der Waals surface area contributed by atoms with Gasteiger partial charge in [0.25, 0.3) is 0 Å². The Morgan fingerprint density at radius 1 is 1.39 bits per heavy atom. The maximum Gasteiger partial charge on any atom is 0.122 e. The van der Waals surface area contributed by atoms with Gasteiger partial charge in [0.2, 0.25) is 0 Å². The molecule has 0 atom stereocenters. The Labute approximate surface area is 116 Å². The number of nitrogens with two attached hydrogens (primary N) is 1. The van der Waals surface area contributed by atoms with Crippen molar-refractivity contribution in [3.63, 3.8) is 0 Å². The van der Waals surface area contributed by atoms with Gasteiger partial charge < -0.3 is 10.5 Å². The molecule has 94 valence electrons. The minimum absolute atomic E-state index is 0.420. The van der Waals surface area contributed by atoms with Crippen molar-refractivity contribution in [1.82, 2.24) is 0 Å². The van der Waals surface area contributed by atoms with Crippen molar-refractivity contribution in [3.8, 4) is 5.75 Å². The van der Waals surface area contributed by atoms with E-state index < -0.39 is 0 Å². The number of thiophene rings is 1. The first-order valence-electron chi connectivity index (χ1n) is 5.72. The molecule has 1 aromatic carbocycles. The summed E-state index contributed by atoms with van der Waals surface area (Å²) in [6.07, 6.45) is 0.939. The van der Waals surface area contributed by atoms with Gasteiger partial charge in [-0.25, -0.2) is 0 Å². The molecule has 0 fully saturated rings. The summed E-state index contributed by atoms with van der Waals surface area (Å²) in [5, 5.41) is 2.08. The topological polar surface area (TPSA) is 35.2 Å². The second-order valence-corrected chi connectivity index (χ2v) is 5.49. The van der Waals surface area contributed by atoms with Crippen LogP contribution >= 0.6 is 23.6 Å². The van der Waals surface area contributed by atoms with E-state index in [0.29, 0.717) is 11.6 Å². The zero-order chi connectivity index (χ0) is 13.0. The molecule has 18 heavy (non-hydrogen) atoms. The Hall–Kier alpha value is -1.39. The van der Waals surface area contributed by atoms with Crippen molar-refractivity contribution in [1.29, 1.82) is 0 Å². The summed E-state index contributed by atoms with van der Waals surface area (Å²) in [6, 6.07) is 9.97. The average molecular weight is 277 g/mol. The van der Waals surface area contributed by atoms with Crippen LogP contribution in [0.1, 0.15) is 16.0 Å². The van der Waals surface area contributed by atoms with Gasteiger partial charge in [0.05, 0.1) is 6.61 Å². The highest BCUT2D eigenvalue weighted by molar-refractivity contribution is 7.80. The van der Waals surface area contributed by atoms with Crippen LogP contribution in [0.25, 0.3) is 0 Å². The van der Waals surface area contributed by atoms with Gasteiger partial charge in [0.1, 0.15) is 10.7 Å². The number of hydrogen-bond acceptors (Lipinski definition) is 3. The summed E-state index contributed by atoms with van der Waals surface area (Å²) in [5.74, 6) is 0.895. The largest absolute Gasteiger partial charge is 0.493 e. The third-order valence-electron chi connectivity index (χ3n) is 2.65. The van der Waals surface area contributed by atoms with Crippen molar-refractivity contribution in [2.75, 3.05) is 6.61 Å². The molecular formula is C14H15NOS2. The van der Waals surface area contributed by atoms with E-state index in [1.807, 2.05) is 25.1 Å². The summed E-state index contributed by atoms with van der Waals surface area (Å²) < 4.78 is 5.77. The SMILES string of the molecule is Cc1cc(C(N)=S)ccc1OCCc1cccs1. The van der Waals surface area contributed by atoms with E-state index in [9.17, 15) is 0 Å². The summed E-state index contributed by atoms with van der Waals surface area (Å²) in [7, 11) is 0. The Kier molecular flexibility index (Phi) is 4.33. The lowest BCUT2D eigenvalue weighted by atomic mass is 10.1. The molecule has 0 aliphatic rings. The molecule has 4 heteroatoms. The van der Waals surface area contributed by atoms with Gasteiger partial charge in [-0.2, -0.15) is 0 Å². The van der Waals surface area contributed by atoms with Gasteiger partial charge in [-0.3, -0.25) is 0 Å². The van der Waals surface area contributed by atoms with Gasteiger partial charge in [0, 0.05) is 16.9 Å². The van der Waals surface area contributed by atoms with Gasteiger partial charge >= 0.3 is 0 Å². The molecule has 2 nitrogen and oxygen atoms in total. The Morgan fingerprint density at radius 3 is 2.83 bits per heavy atom. The van der Waals surface area contributed by atoms with Crippen LogP contribution in [0.4, 0.5) is 0 Å². The predicted molar refractivity (Wildman–Crippen MR) is 80.6 cm³/mol. The fourth-order valence-electron chi connectivity index (χ4n) is 1.68. The molecule has 0 unspecified atom stereocenters. The monoisotopic (exact) mass is 277 g/mol. The smallest absolute Gasteiger partial charge is 0.122 e. The van der Waals surface area contributed by atoms with Crippen molar-refractivity contribution < 1.29 is 4.74 Å². The van der Waals surface area contributed by atoms with E-state index in [4.69, 9.17) is 22.7 Å². The van der Waals surface area contributed by atoms with Gasteiger partial charge in [0.15, 0.2) is 0 Å². The first-order valence-corrected chi connectivity index (χ1v) is 7.01. The van der Waals surface area contributed by atoms with Crippen LogP contribution in [0, 0.1) is 6.92 Å². The van der Waals surface area contributed by atoms with Crippen LogP contribution in [0.15, 0.2) is 35.7 Å². The summed E-state index contributed by atoms with van der Waals surface area (Å²) in [5.41, 5.74) is 7.53. The van der Waals surface area contributed by atoms with Gasteiger partial charge in [-0.1, -0.05) is 18.3 Å². The standard InChI is InChI=1S/C14H15NOS2/c1-10-9-11(14(15)17)4-5-13(10)16-7-6-12-3-2-8-18-12/h2-5,8-9H,6-7H2,1H3,(H2,15,17). The molecule has 0 saturated carbocycles. The molecule has 0 amide bonds. The third-order valence-corrected chi connectivity index (χ3v) is 3.82. The normalized spacial score (nSPS) is 10.3. The zero-order valence-corrected chi connectivity index (χ0v) is 11.8.